The van der Waals surface area contributed by atoms with Gasteiger partial charge in [-0.25, -0.2) is 14.2 Å². The Morgan fingerprint density at radius 3 is 2.55 bits per heavy atom. The molecule has 0 aromatic heterocycles. The van der Waals surface area contributed by atoms with Crippen LogP contribution in [0.2, 0.25) is 5.02 Å². The lowest BCUT2D eigenvalue weighted by atomic mass is 9.97. The third-order valence-electron chi connectivity index (χ3n) is 3.01. The highest BCUT2D eigenvalue weighted by atomic mass is 79.9. The van der Waals surface area contributed by atoms with Gasteiger partial charge >= 0.3 is 0 Å². The molecule has 20 heavy (non-hydrogen) atoms. The molecule has 0 saturated carbocycles. The third-order valence-corrected chi connectivity index (χ3v) is 4.26. The van der Waals surface area contributed by atoms with Crippen LogP contribution in [0.4, 0.5) is 8.78 Å². The highest BCUT2D eigenvalue weighted by Crippen LogP contribution is 2.33. The van der Waals surface area contributed by atoms with Crippen LogP contribution in [0.5, 0.6) is 0 Å². The number of hydrogen-bond acceptors (Lipinski definition) is 2. The molecule has 0 aliphatic rings. The second-order valence-corrected chi connectivity index (χ2v) is 5.62. The van der Waals surface area contributed by atoms with Crippen LogP contribution >= 0.6 is 27.5 Å². The second kappa shape index (κ2) is 6.18. The molecule has 0 spiro atoms. The van der Waals surface area contributed by atoms with Crippen molar-refractivity contribution in [3.05, 3.63) is 68.2 Å². The van der Waals surface area contributed by atoms with Crippen molar-refractivity contribution in [3.63, 3.8) is 0 Å². The lowest BCUT2D eigenvalue weighted by Gasteiger charge is -2.19. The fraction of sp³-hybridized carbons (Fsp3) is 0.143. The van der Waals surface area contributed by atoms with Gasteiger partial charge in [0.1, 0.15) is 11.6 Å². The summed E-state index contributed by atoms with van der Waals surface area (Å²) in [5, 5.41) is -0.0594. The average Bonchev–Trinajstić information content (AvgIpc) is 2.43. The standard InChI is InChI=1S/C14H12BrClF2N2/c1-7-2-5-11(17)9(6-7)14(20-19)8-3-4-10(15)12(16)13(8)18/h2-6,14,20H,19H2,1H3. The van der Waals surface area contributed by atoms with E-state index in [1.165, 1.54) is 12.1 Å². The van der Waals surface area contributed by atoms with E-state index < -0.39 is 17.7 Å². The predicted octanol–water partition coefficient (Wildman–Crippen LogP) is 4.24. The van der Waals surface area contributed by atoms with E-state index in [4.69, 9.17) is 17.4 Å². The zero-order chi connectivity index (χ0) is 14.9. The number of benzene rings is 2. The van der Waals surface area contributed by atoms with Gasteiger partial charge in [-0.1, -0.05) is 35.4 Å². The Labute approximate surface area is 129 Å². The summed E-state index contributed by atoms with van der Waals surface area (Å²) < 4.78 is 28.6. The van der Waals surface area contributed by atoms with E-state index in [2.05, 4.69) is 21.4 Å². The van der Waals surface area contributed by atoms with E-state index in [1.807, 2.05) is 6.92 Å². The van der Waals surface area contributed by atoms with Crippen molar-refractivity contribution < 1.29 is 8.78 Å². The summed E-state index contributed by atoms with van der Waals surface area (Å²) in [5.74, 6) is 4.38. The lowest BCUT2D eigenvalue weighted by Crippen LogP contribution is -2.30. The molecule has 6 heteroatoms. The van der Waals surface area contributed by atoms with Gasteiger partial charge in [0.2, 0.25) is 0 Å². The van der Waals surface area contributed by atoms with Crippen molar-refractivity contribution in [2.24, 2.45) is 5.84 Å². The smallest absolute Gasteiger partial charge is 0.148 e. The van der Waals surface area contributed by atoms with Crippen LogP contribution in [-0.2, 0) is 0 Å². The predicted molar refractivity (Wildman–Crippen MR) is 79.4 cm³/mol. The van der Waals surface area contributed by atoms with Crippen LogP contribution < -0.4 is 11.3 Å². The Kier molecular flexibility index (Phi) is 4.75. The summed E-state index contributed by atoms with van der Waals surface area (Å²) in [6.07, 6.45) is 0. The first kappa shape index (κ1) is 15.4. The Morgan fingerprint density at radius 2 is 1.90 bits per heavy atom. The number of hydrazine groups is 1. The Balaban J connectivity index is 2.58. The Morgan fingerprint density at radius 1 is 1.20 bits per heavy atom. The molecule has 2 aromatic rings. The largest absolute Gasteiger partial charge is 0.271 e. The van der Waals surface area contributed by atoms with Gasteiger partial charge in [0.05, 0.1) is 11.1 Å². The molecular formula is C14H12BrClF2N2. The molecule has 0 aliphatic carbocycles. The number of nitrogens with one attached hydrogen (secondary N) is 1. The highest BCUT2D eigenvalue weighted by molar-refractivity contribution is 9.10. The summed E-state index contributed by atoms with van der Waals surface area (Å²) in [4.78, 5) is 0. The minimum atomic E-state index is -0.819. The molecule has 0 fully saturated rings. The van der Waals surface area contributed by atoms with Gasteiger partial charge in [-0.2, -0.15) is 0 Å². The summed E-state index contributed by atoms with van der Waals surface area (Å²) in [6.45, 7) is 1.82. The summed E-state index contributed by atoms with van der Waals surface area (Å²) in [6, 6.07) is 6.87. The van der Waals surface area contributed by atoms with Crippen molar-refractivity contribution in [1.82, 2.24) is 5.43 Å². The first-order chi connectivity index (χ1) is 9.45. The average molecular weight is 362 g/mol. The number of nitrogens with two attached hydrogens (primary N) is 1. The third kappa shape index (κ3) is 2.86. The summed E-state index contributed by atoms with van der Waals surface area (Å²) in [7, 11) is 0. The Hall–Kier alpha value is -1.01. The quantitative estimate of drug-likeness (QED) is 0.487. The van der Waals surface area contributed by atoms with Gasteiger partial charge in [0.25, 0.3) is 0 Å². The second-order valence-electron chi connectivity index (χ2n) is 4.39. The van der Waals surface area contributed by atoms with Crippen molar-refractivity contribution >= 4 is 27.5 Å². The van der Waals surface area contributed by atoms with Crippen molar-refractivity contribution in [3.8, 4) is 0 Å². The van der Waals surface area contributed by atoms with Crippen LogP contribution in [0.3, 0.4) is 0 Å². The molecule has 1 atom stereocenters. The van der Waals surface area contributed by atoms with E-state index in [1.54, 1.807) is 18.2 Å². The molecule has 0 radical (unpaired) electrons. The number of aryl methyl sites for hydroxylation is 1. The molecule has 3 N–H and O–H groups in total. The molecule has 1 unspecified atom stereocenters. The van der Waals surface area contributed by atoms with Crippen molar-refractivity contribution in [2.45, 2.75) is 13.0 Å². The molecule has 0 saturated heterocycles. The van der Waals surface area contributed by atoms with Crippen LogP contribution in [0.25, 0.3) is 0 Å². The van der Waals surface area contributed by atoms with E-state index in [9.17, 15) is 8.78 Å². The minimum Gasteiger partial charge on any atom is -0.271 e. The zero-order valence-corrected chi connectivity index (χ0v) is 12.9. The van der Waals surface area contributed by atoms with E-state index in [-0.39, 0.29) is 16.1 Å². The van der Waals surface area contributed by atoms with Crippen LogP contribution in [0.1, 0.15) is 22.7 Å². The first-order valence-electron chi connectivity index (χ1n) is 5.81. The van der Waals surface area contributed by atoms with Gasteiger partial charge < -0.3 is 0 Å². The highest BCUT2D eigenvalue weighted by Gasteiger charge is 2.22. The maximum absolute atomic E-state index is 14.2. The van der Waals surface area contributed by atoms with E-state index in [0.717, 1.165) is 5.56 Å². The summed E-state index contributed by atoms with van der Waals surface area (Å²) >= 11 is 8.99. The fourth-order valence-corrected chi connectivity index (χ4v) is 2.47. The zero-order valence-electron chi connectivity index (χ0n) is 10.6. The SMILES string of the molecule is Cc1ccc(F)c(C(NN)c2ccc(Br)c(Cl)c2F)c1. The van der Waals surface area contributed by atoms with Crippen LogP contribution in [0.15, 0.2) is 34.8 Å². The molecule has 0 aliphatic heterocycles. The number of rotatable bonds is 3. The maximum atomic E-state index is 14.2. The van der Waals surface area contributed by atoms with Crippen LogP contribution in [-0.4, -0.2) is 0 Å². The van der Waals surface area contributed by atoms with Gasteiger partial charge in [0, 0.05) is 15.6 Å². The van der Waals surface area contributed by atoms with Gasteiger partial charge in [-0.05, 0) is 35.0 Å². The molecule has 2 nitrogen and oxygen atoms in total. The van der Waals surface area contributed by atoms with Crippen molar-refractivity contribution in [2.75, 3.05) is 0 Å². The first-order valence-corrected chi connectivity index (χ1v) is 6.98. The molecule has 0 amide bonds. The Bertz CT molecular complexity index is 649. The summed E-state index contributed by atoms with van der Waals surface area (Å²) in [5.41, 5.74) is 3.74. The lowest BCUT2D eigenvalue weighted by molar-refractivity contribution is 0.530. The van der Waals surface area contributed by atoms with E-state index in [0.29, 0.717) is 4.47 Å². The van der Waals surface area contributed by atoms with Gasteiger partial charge in [-0.15, -0.1) is 0 Å². The topological polar surface area (TPSA) is 38.0 Å². The molecule has 0 bridgehead atoms. The normalized spacial score (nSPS) is 12.5. The molecule has 2 aromatic carbocycles. The van der Waals surface area contributed by atoms with Crippen molar-refractivity contribution in [1.29, 1.82) is 0 Å². The fourth-order valence-electron chi connectivity index (χ4n) is 2.00. The van der Waals surface area contributed by atoms with Gasteiger partial charge in [-0.3, -0.25) is 5.84 Å². The number of hydrogen-bond donors (Lipinski definition) is 2. The van der Waals surface area contributed by atoms with Crippen LogP contribution in [0, 0.1) is 18.6 Å². The monoisotopic (exact) mass is 360 g/mol. The maximum Gasteiger partial charge on any atom is 0.148 e. The number of halogens is 4. The van der Waals surface area contributed by atoms with Gasteiger partial charge in [0.15, 0.2) is 0 Å². The molecule has 2 rings (SSSR count). The molecular weight excluding hydrogens is 350 g/mol. The molecule has 0 heterocycles. The van der Waals surface area contributed by atoms with E-state index >= 15 is 0 Å². The minimum absolute atomic E-state index is 0.0594. The molecule has 106 valence electrons.